The molecule has 0 radical (unpaired) electrons. The predicted octanol–water partition coefficient (Wildman–Crippen LogP) is 4.07. The van der Waals surface area contributed by atoms with Gasteiger partial charge < -0.3 is 0 Å². The molecule has 0 unspecified atom stereocenters. The molecular formula is C18H17N3. The van der Waals surface area contributed by atoms with Crippen molar-refractivity contribution >= 4 is 5.71 Å². The highest BCUT2D eigenvalue weighted by Gasteiger charge is 2.32. The summed E-state index contributed by atoms with van der Waals surface area (Å²) in [4.78, 5) is 0. The van der Waals surface area contributed by atoms with Crippen molar-refractivity contribution in [2.24, 2.45) is 5.10 Å². The van der Waals surface area contributed by atoms with E-state index < -0.39 is 0 Å². The van der Waals surface area contributed by atoms with Crippen molar-refractivity contribution in [1.29, 1.82) is 5.26 Å². The summed E-state index contributed by atoms with van der Waals surface area (Å²) in [5, 5.41) is 16.2. The molecule has 1 aliphatic heterocycles. The van der Waals surface area contributed by atoms with Gasteiger partial charge in [-0.1, -0.05) is 60.7 Å². The summed E-state index contributed by atoms with van der Waals surface area (Å²) in [6.07, 6.45) is 0.870. The van der Waals surface area contributed by atoms with E-state index in [0.29, 0.717) is 0 Å². The van der Waals surface area contributed by atoms with Gasteiger partial charge in [0.25, 0.3) is 0 Å². The van der Waals surface area contributed by atoms with Crippen molar-refractivity contribution < 1.29 is 0 Å². The lowest BCUT2D eigenvalue weighted by atomic mass is 9.99. The monoisotopic (exact) mass is 275 g/mol. The Bertz CT molecular complexity index is 671. The number of nitrogens with zero attached hydrogens (tertiary/aromatic N) is 3. The molecule has 0 spiro atoms. The molecule has 0 N–H and O–H groups in total. The Morgan fingerprint density at radius 3 is 2.33 bits per heavy atom. The molecule has 0 fully saturated rings. The van der Waals surface area contributed by atoms with E-state index in [9.17, 15) is 5.26 Å². The first-order valence-electron chi connectivity index (χ1n) is 7.11. The maximum absolute atomic E-state index is 9.63. The highest BCUT2D eigenvalue weighted by atomic mass is 15.5. The third-order valence-corrected chi connectivity index (χ3v) is 3.78. The van der Waals surface area contributed by atoms with Gasteiger partial charge in [0.15, 0.2) is 6.04 Å². The molecule has 0 saturated carbocycles. The summed E-state index contributed by atoms with van der Waals surface area (Å²) in [6.45, 7) is 2.02. The molecule has 2 aromatic carbocycles. The molecule has 0 bridgehead atoms. The fraction of sp³-hybridized carbons (Fsp3) is 0.222. The molecule has 1 heterocycles. The lowest BCUT2D eigenvalue weighted by Crippen LogP contribution is -2.24. The highest BCUT2D eigenvalue weighted by molar-refractivity contribution is 5.84. The Morgan fingerprint density at radius 2 is 1.71 bits per heavy atom. The first-order valence-corrected chi connectivity index (χ1v) is 7.11. The standard InChI is InChI=1S/C18H17N3/c1-14-12-17(15-8-4-2-5-9-15)21(20-14)18(13-19)16-10-6-3-7-11-16/h2-11,17-18H,12H2,1H3/t17-,18-/m0/s1. The van der Waals surface area contributed by atoms with Gasteiger partial charge >= 0.3 is 0 Å². The lowest BCUT2D eigenvalue weighted by Gasteiger charge is -2.28. The first kappa shape index (κ1) is 13.4. The van der Waals surface area contributed by atoms with Gasteiger partial charge in [-0.2, -0.15) is 10.4 Å². The summed E-state index contributed by atoms with van der Waals surface area (Å²) in [5.74, 6) is 0. The zero-order valence-electron chi connectivity index (χ0n) is 12.0. The van der Waals surface area contributed by atoms with Gasteiger partial charge in [-0.15, -0.1) is 0 Å². The average molecular weight is 275 g/mol. The number of nitriles is 1. The molecule has 0 aromatic heterocycles. The van der Waals surface area contributed by atoms with E-state index in [2.05, 4.69) is 23.3 Å². The highest BCUT2D eigenvalue weighted by Crippen LogP contribution is 2.37. The summed E-state index contributed by atoms with van der Waals surface area (Å²) in [7, 11) is 0. The van der Waals surface area contributed by atoms with E-state index >= 15 is 0 Å². The Hall–Kier alpha value is -2.60. The van der Waals surface area contributed by atoms with Crippen LogP contribution in [-0.2, 0) is 0 Å². The zero-order chi connectivity index (χ0) is 14.7. The summed E-state index contributed by atoms with van der Waals surface area (Å²) < 4.78 is 0. The molecule has 21 heavy (non-hydrogen) atoms. The minimum absolute atomic E-state index is 0.135. The van der Waals surface area contributed by atoms with Crippen LogP contribution in [0.2, 0.25) is 0 Å². The Kier molecular flexibility index (Phi) is 3.70. The van der Waals surface area contributed by atoms with Gasteiger partial charge in [-0.25, -0.2) is 0 Å². The number of hydrogen-bond donors (Lipinski definition) is 0. The maximum atomic E-state index is 9.63. The average Bonchev–Trinajstić information content (AvgIpc) is 2.92. The molecular weight excluding hydrogens is 258 g/mol. The first-order chi connectivity index (χ1) is 10.3. The summed E-state index contributed by atoms with van der Waals surface area (Å²) in [5.41, 5.74) is 3.26. The van der Waals surface area contributed by atoms with Gasteiger partial charge in [0, 0.05) is 12.1 Å². The van der Waals surface area contributed by atoms with Crippen LogP contribution in [0.25, 0.3) is 0 Å². The van der Waals surface area contributed by atoms with Gasteiger partial charge in [0.05, 0.1) is 12.1 Å². The van der Waals surface area contributed by atoms with Crippen LogP contribution in [0.3, 0.4) is 0 Å². The third-order valence-electron chi connectivity index (χ3n) is 3.78. The Morgan fingerprint density at radius 1 is 1.10 bits per heavy atom. The van der Waals surface area contributed by atoms with Crippen LogP contribution in [0, 0.1) is 11.3 Å². The third kappa shape index (κ3) is 2.66. The van der Waals surface area contributed by atoms with Crippen LogP contribution in [0.4, 0.5) is 0 Å². The molecule has 3 rings (SSSR count). The summed E-state index contributed by atoms with van der Waals surface area (Å²) in [6, 6.07) is 22.3. The largest absolute Gasteiger partial charge is 0.267 e. The quantitative estimate of drug-likeness (QED) is 0.847. The van der Waals surface area contributed by atoms with Crippen molar-refractivity contribution in [3.63, 3.8) is 0 Å². The lowest BCUT2D eigenvalue weighted by molar-refractivity contribution is 0.196. The molecule has 0 saturated heterocycles. The molecule has 1 aliphatic rings. The normalized spacial score (nSPS) is 19.0. The van der Waals surface area contributed by atoms with Crippen molar-refractivity contribution in [2.75, 3.05) is 0 Å². The predicted molar refractivity (Wildman–Crippen MR) is 83.5 cm³/mol. The van der Waals surface area contributed by atoms with Crippen LogP contribution in [-0.4, -0.2) is 10.7 Å². The Labute approximate surface area is 125 Å². The SMILES string of the molecule is CC1=NN([C@@H](C#N)c2ccccc2)[C@H](c2ccccc2)C1. The molecule has 104 valence electrons. The van der Waals surface area contributed by atoms with Crippen LogP contribution in [0.5, 0.6) is 0 Å². The fourth-order valence-electron chi connectivity index (χ4n) is 2.79. The van der Waals surface area contributed by atoms with E-state index in [4.69, 9.17) is 0 Å². The van der Waals surface area contributed by atoms with Crippen molar-refractivity contribution in [3.05, 3.63) is 71.8 Å². The minimum atomic E-state index is -0.353. The van der Waals surface area contributed by atoms with E-state index in [-0.39, 0.29) is 12.1 Å². The van der Waals surface area contributed by atoms with Crippen LogP contribution in [0.15, 0.2) is 65.8 Å². The van der Waals surface area contributed by atoms with Crippen LogP contribution >= 0.6 is 0 Å². The molecule has 2 aromatic rings. The van der Waals surface area contributed by atoms with Crippen LogP contribution in [0.1, 0.15) is 36.6 Å². The fourth-order valence-corrected chi connectivity index (χ4v) is 2.79. The minimum Gasteiger partial charge on any atom is -0.267 e. The Balaban J connectivity index is 1.96. The van der Waals surface area contributed by atoms with E-state index in [1.54, 1.807) is 0 Å². The number of hydrazone groups is 1. The smallest absolute Gasteiger partial charge is 0.159 e. The number of hydrogen-bond acceptors (Lipinski definition) is 3. The zero-order valence-corrected chi connectivity index (χ0v) is 12.0. The topological polar surface area (TPSA) is 39.4 Å². The van der Waals surface area contributed by atoms with Gasteiger partial charge in [-0.05, 0) is 18.1 Å². The molecule has 0 aliphatic carbocycles. The second-order valence-electron chi connectivity index (χ2n) is 5.29. The molecule has 3 nitrogen and oxygen atoms in total. The van der Waals surface area contributed by atoms with Gasteiger partial charge in [0.1, 0.15) is 0 Å². The van der Waals surface area contributed by atoms with E-state index in [1.807, 2.05) is 60.5 Å². The van der Waals surface area contributed by atoms with Crippen molar-refractivity contribution in [3.8, 4) is 6.07 Å². The second-order valence-corrected chi connectivity index (χ2v) is 5.29. The second kappa shape index (κ2) is 5.80. The van der Waals surface area contributed by atoms with E-state index in [0.717, 1.165) is 17.7 Å². The van der Waals surface area contributed by atoms with E-state index in [1.165, 1.54) is 5.56 Å². The van der Waals surface area contributed by atoms with Gasteiger partial charge in [0.2, 0.25) is 0 Å². The number of rotatable bonds is 3. The van der Waals surface area contributed by atoms with Crippen molar-refractivity contribution in [1.82, 2.24) is 5.01 Å². The molecule has 2 atom stereocenters. The maximum Gasteiger partial charge on any atom is 0.159 e. The molecule has 0 amide bonds. The van der Waals surface area contributed by atoms with Crippen LogP contribution < -0.4 is 0 Å². The summed E-state index contributed by atoms with van der Waals surface area (Å²) >= 11 is 0. The van der Waals surface area contributed by atoms with Crippen molar-refractivity contribution in [2.45, 2.75) is 25.4 Å². The van der Waals surface area contributed by atoms with Gasteiger partial charge in [-0.3, -0.25) is 5.01 Å². The molecule has 3 heteroatoms. The number of benzene rings is 2.